The number of hydrogen-bond acceptors (Lipinski definition) is 2. The molecule has 0 spiro atoms. The molecule has 18 heavy (non-hydrogen) atoms. The van der Waals surface area contributed by atoms with Gasteiger partial charge in [0.05, 0.1) is 0 Å². The summed E-state index contributed by atoms with van der Waals surface area (Å²) in [6.45, 7) is 3.10. The maximum Gasteiger partial charge on any atom is 0.219 e. The zero-order valence-electron chi connectivity index (χ0n) is 11.7. The number of hydrogen-bond donors (Lipinski definition) is 2. The molecular weight excluding hydrogens is 226 g/mol. The molecule has 4 nitrogen and oxygen atoms in total. The van der Waals surface area contributed by atoms with Gasteiger partial charge in [0.2, 0.25) is 5.91 Å². The van der Waals surface area contributed by atoms with Crippen molar-refractivity contribution in [2.75, 3.05) is 14.1 Å². The Hall–Kier alpha value is -1.29. The van der Waals surface area contributed by atoms with Gasteiger partial charge in [0, 0.05) is 38.4 Å². The van der Waals surface area contributed by atoms with Crippen LogP contribution < -0.4 is 10.6 Å². The fourth-order valence-corrected chi connectivity index (χ4v) is 2.12. The van der Waals surface area contributed by atoms with E-state index in [4.69, 9.17) is 0 Å². The van der Waals surface area contributed by atoms with Gasteiger partial charge >= 0.3 is 0 Å². The second kappa shape index (κ2) is 7.93. The van der Waals surface area contributed by atoms with Crippen molar-refractivity contribution < 1.29 is 4.79 Å². The molecule has 1 amide bonds. The van der Waals surface area contributed by atoms with Crippen LogP contribution in [0.3, 0.4) is 0 Å². The fraction of sp³-hybridized carbons (Fsp3) is 0.643. The number of nitrogens with zero attached hydrogens (tertiary/aromatic N) is 1. The summed E-state index contributed by atoms with van der Waals surface area (Å²) in [6, 6.07) is 2.60. The van der Waals surface area contributed by atoms with E-state index in [-0.39, 0.29) is 5.91 Å². The van der Waals surface area contributed by atoms with Gasteiger partial charge in [-0.25, -0.2) is 0 Å². The van der Waals surface area contributed by atoms with E-state index in [0.717, 1.165) is 19.4 Å². The molecule has 0 aliphatic carbocycles. The minimum atomic E-state index is 0.112. The molecule has 0 saturated heterocycles. The molecule has 4 heteroatoms. The van der Waals surface area contributed by atoms with Crippen molar-refractivity contribution in [1.29, 1.82) is 0 Å². The summed E-state index contributed by atoms with van der Waals surface area (Å²) in [7, 11) is 3.68. The third kappa shape index (κ3) is 4.53. The molecule has 2 N–H and O–H groups in total. The van der Waals surface area contributed by atoms with Crippen LogP contribution in [0.15, 0.2) is 18.5 Å². The minimum Gasteiger partial charge on any atom is -0.359 e. The van der Waals surface area contributed by atoms with Gasteiger partial charge in [0.1, 0.15) is 0 Å². The molecule has 1 atom stereocenters. The second-order valence-corrected chi connectivity index (χ2v) is 4.59. The van der Waals surface area contributed by atoms with Crippen molar-refractivity contribution in [2.24, 2.45) is 0 Å². The monoisotopic (exact) mass is 251 g/mol. The van der Waals surface area contributed by atoms with Gasteiger partial charge in [0.25, 0.3) is 0 Å². The van der Waals surface area contributed by atoms with E-state index in [1.165, 1.54) is 12.0 Å². The van der Waals surface area contributed by atoms with Crippen LogP contribution in [0.5, 0.6) is 0 Å². The topological polar surface area (TPSA) is 46.1 Å². The third-order valence-electron chi connectivity index (χ3n) is 3.20. The van der Waals surface area contributed by atoms with E-state index in [1.807, 2.05) is 7.05 Å². The Balaban J connectivity index is 2.44. The summed E-state index contributed by atoms with van der Waals surface area (Å²) < 4.78 is 2.16. The highest BCUT2D eigenvalue weighted by Gasteiger charge is 2.09. The molecule has 1 aromatic heterocycles. The van der Waals surface area contributed by atoms with Gasteiger partial charge in [0.15, 0.2) is 0 Å². The van der Waals surface area contributed by atoms with E-state index in [9.17, 15) is 4.79 Å². The molecule has 0 aliphatic heterocycles. The lowest BCUT2D eigenvalue weighted by Gasteiger charge is -2.13. The molecule has 0 aromatic carbocycles. The van der Waals surface area contributed by atoms with Crippen LogP contribution in [0.25, 0.3) is 0 Å². The SMILES string of the molecule is CCCC(NC)c1ccn(CCCC(=O)NC)c1. The number of aryl methyl sites for hydroxylation is 1. The first-order chi connectivity index (χ1) is 8.71. The van der Waals surface area contributed by atoms with Crippen molar-refractivity contribution >= 4 is 5.91 Å². The summed E-state index contributed by atoms with van der Waals surface area (Å²) in [5.74, 6) is 0.112. The lowest BCUT2D eigenvalue weighted by molar-refractivity contribution is -0.120. The predicted octanol–water partition coefficient (Wildman–Crippen LogP) is 2.07. The number of amides is 1. The summed E-state index contributed by atoms with van der Waals surface area (Å²) in [5, 5.41) is 5.98. The maximum absolute atomic E-state index is 11.1. The van der Waals surface area contributed by atoms with Crippen LogP contribution in [0, 0.1) is 0 Å². The average Bonchev–Trinajstić information content (AvgIpc) is 2.84. The smallest absolute Gasteiger partial charge is 0.219 e. The molecule has 1 heterocycles. The predicted molar refractivity (Wildman–Crippen MR) is 74.4 cm³/mol. The van der Waals surface area contributed by atoms with Crippen molar-refractivity contribution in [2.45, 2.75) is 45.2 Å². The van der Waals surface area contributed by atoms with Crippen LogP contribution in [0.4, 0.5) is 0 Å². The normalized spacial score (nSPS) is 12.4. The number of rotatable bonds is 8. The van der Waals surface area contributed by atoms with Crippen molar-refractivity contribution in [3.8, 4) is 0 Å². The molecule has 0 saturated carbocycles. The molecule has 102 valence electrons. The number of aromatic nitrogens is 1. The van der Waals surface area contributed by atoms with Crippen molar-refractivity contribution in [3.05, 3.63) is 24.0 Å². The molecule has 0 radical (unpaired) electrons. The molecule has 0 bridgehead atoms. The van der Waals surface area contributed by atoms with E-state index in [2.05, 4.69) is 40.6 Å². The third-order valence-corrected chi connectivity index (χ3v) is 3.20. The zero-order valence-corrected chi connectivity index (χ0v) is 11.7. The molecular formula is C14H25N3O. The summed E-state index contributed by atoms with van der Waals surface area (Å²) >= 11 is 0. The van der Waals surface area contributed by atoms with Crippen LogP contribution in [-0.4, -0.2) is 24.6 Å². The second-order valence-electron chi connectivity index (χ2n) is 4.59. The number of carbonyl (C=O) groups excluding carboxylic acids is 1. The molecule has 0 fully saturated rings. The van der Waals surface area contributed by atoms with Crippen molar-refractivity contribution in [1.82, 2.24) is 15.2 Å². The highest BCUT2D eigenvalue weighted by atomic mass is 16.1. The number of nitrogens with one attached hydrogen (secondary N) is 2. The Morgan fingerprint density at radius 3 is 2.83 bits per heavy atom. The first kappa shape index (κ1) is 14.8. The quantitative estimate of drug-likeness (QED) is 0.743. The molecule has 1 rings (SSSR count). The number of carbonyl (C=O) groups is 1. The van der Waals surface area contributed by atoms with Crippen LogP contribution >= 0.6 is 0 Å². The van der Waals surface area contributed by atoms with Crippen LogP contribution in [0.1, 0.15) is 44.2 Å². The van der Waals surface area contributed by atoms with E-state index in [1.54, 1.807) is 7.05 Å². The van der Waals surface area contributed by atoms with Gasteiger partial charge < -0.3 is 15.2 Å². The average molecular weight is 251 g/mol. The summed E-state index contributed by atoms with van der Waals surface area (Å²) in [6.07, 6.45) is 8.08. The Labute approximate surface area is 110 Å². The standard InChI is InChI=1S/C14H25N3O/c1-4-6-13(15-2)12-8-10-17(11-12)9-5-7-14(18)16-3/h8,10-11,13,15H,4-7,9H2,1-3H3,(H,16,18). The van der Waals surface area contributed by atoms with Gasteiger partial charge in [-0.15, -0.1) is 0 Å². The van der Waals surface area contributed by atoms with Crippen LogP contribution in [-0.2, 0) is 11.3 Å². The van der Waals surface area contributed by atoms with E-state index in [0.29, 0.717) is 12.5 Å². The lowest BCUT2D eigenvalue weighted by Crippen LogP contribution is -2.17. The highest BCUT2D eigenvalue weighted by molar-refractivity contribution is 5.75. The Morgan fingerprint density at radius 2 is 2.22 bits per heavy atom. The van der Waals surface area contributed by atoms with Crippen LogP contribution in [0.2, 0.25) is 0 Å². The first-order valence-electron chi connectivity index (χ1n) is 6.74. The Kier molecular flexibility index (Phi) is 6.50. The molecule has 0 aliphatic rings. The highest BCUT2D eigenvalue weighted by Crippen LogP contribution is 2.18. The fourth-order valence-electron chi connectivity index (χ4n) is 2.12. The van der Waals surface area contributed by atoms with Gasteiger partial charge in [-0.1, -0.05) is 13.3 Å². The lowest BCUT2D eigenvalue weighted by atomic mass is 10.1. The summed E-state index contributed by atoms with van der Waals surface area (Å²) in [4.78, 5) is 11.1. The van der Waals surface area contributed by atoms with E-state index < -0.39 is 0 Å². The van der Waals surface area contributed by atoms with Crippen molar-refractivity contribution in [3.63, 3.8) is 0 Å². The van der Waals surface area contributed by atoms with E-state index >= 15 is 0 Å². The maximum atomic E-state index is 11.1. The molecule has 1 unspecified atom stereocenters. The zero-order chi connectivity index (χ0) is 13.4. The minimum absolute atomic E-state index is 0.112. The first-order valence-corrected chi connectivity index (χ1v) is 6.74. The summed E-state index contributed by atoms with van der Waals surface area (Å²) in [5.41, 5.74) is 1.33. The Bertz CT molecular complexity index is 360. The van der Waals surface area contributed by atoms with Gasteiger partial charge in [-0.05, 0) is 31.5 Å². The van der Waals surface area contributed by atoms with Gasteiger partial charge in [-0.3, -0.25) is 4.79 Å². The largest absolute Gasteiger partial charge is 0.359 e. The van der Waals surface area contributed by atoms with Gasteiger partial charge in [-0.2, -0.15) is 0 Å². The molecule has 1 aromatic rings. The Morgan fingerprint density at radius 1 is 1.44 bits per heavy atom.